The Morgan fingerprint density at radius 1 is 1.24 bits per heavy atom. The number of hydrogen-bond acceptors (Lipinski definition) is 4. The number of hydrogen-bond donors (Lipinski definition) is 1. The summed E-state index contributed by atoms with van der Waals surface area (Å²) in [6.45, 7) is 1.82. The second-order valence-corrected chi connectivity index (χ2v) is 7.38. The van der Waals surface area contributed by atoms with Crippen molar-refractivity contribution in [1.29, 1.82) is 0 Å². The van der Waals surface area contributed by atoms with Crippen LogP contribution in [0.25, 0.3) is 0 Å². The molecule has 1 aliphatic carbocycles. The molecule has 5 nitrogen and oxygen atoms in total. The van der Waals surface area contributed by atoms with E-state index >= 15 is 0 Å². The van der Waals surface area contributed by atoms with Crippen molar-refractivity contribution in [3.8, 4) is 5.88 Å². The first kappa shape index (κ1) is 21.1. The van der Waals surface area contributed by atoms with Crippen LogP contribution < -0.4 is 10.1 Å². The summed E-state index contributed by atoms with van der Waals surface area (Å²) in [6, 6.07) is 3.99. The average molecular weight is 407 g/mol. The lowest BCUT2D eigenvalue weighted by Crippen LogP contribution is -2.39. The second-order valence-electron chi connectivity index (χ2n) is 7.38. The molecule has 1 fully saturated rings. The van der Waals surface area contributed by atoms with E-state index in [9.17, 15) is 18.0 Å². The van der Waals surface area contributed by atoms with Gasteiger partial charge < -0.3 is 10.1 Å². The topological polar surface area (TPSA) is 64.1 Å². The standard InChI is InChI=1S/C21H24F3N3O2/c1-14(16-5-3-2-4-6-16)27-19(28)17-11-18(21(22,23)24)20(26-12-17)29-13-15-7-9-25-10-8-15/h7-12,14,16H,2-6,13H2,1H3,(H,27,28). The summed E-state index contributed by atoms with van der Waals surface area (Å²) in [5.74, 6) is -0.751. The highest BCUT2D eigenvalue weighted by molar-refractivity contribution is 5.94. The molecular weight excluding hydrogens is 383 g/mol. The van der Waals surface area contributed by atoms with Crippen molar-refractivity contribution in [2.45, 2.75) is 57.9 Å². The highest BCUT2D eigenvalue weighted by Gasteiger charge is 2.36. The third-order valence-electron chi connectivity index (χ3n) is 5.26. The number of carbonyl (C=O) groups is 1. The molecule has 0 bridgehead atoms. The predicted octanol–water partition coefficient (Wildman–Crippen LogP) is 4.77. The van der Waals surface area contributed by atoms with Gasteiger partial charge in [-0.3, -0.25) is 9.78 Å². The maximum absolute atomic E-state index is 13.5. The first-order chi connectivity index (χ1) is 13.8. The number of halogens is 3. The molecule has 156 valence electrons. The third-order valence-corrected chi connectivity index (χ3v) is 5.26. The van der Waals surface area contributed by atoms with Gasteiger partial charge in [0, 0.05) is 24.6 Å². The summed E-state index contributed by atoms with van der Waals surface area (Å²) in [5, 5.41) is 2.83. The van der Waals surface area contributed by atoms with Crippen molar-refractivity contribution in [3.63, 3.8) is 0 Å². The van der Waals surface area contributed by atoms with Crippen LogP contribution in [0.15, 0.2) is 36.8 Å². The van der Waals surface area contributed by atoms with Gasteiger partial charge in [-0.05, 0) is 49.4 Å². The summed E-state index contributed by atoms with van der Waals surface area (Å²) in [7, 11) is 0. The Morgan fingerprint density at radius 3 is 2.59 bits per heavy atom. The van der Waals surface area contributed by atoms with Gasteiger partial charge in [-0.25, -0.2) is 4.98 Å². The molecular formula is C21H24F3N3O2. The summed E-state index contributed by atoms with van der Waals surface area (Å²) in [4.78, 5) is 20.1. The summed E-state index contributed by atoms with van der Waals surface area (Å²) in [5.41, 5.74) is -0.529. The van der Waals surface area contributed by atoms with Gasteiger partial charge in [0.25, 0.3) is 5.91 Å². The van der Waals surface area contributed by atoms with Crippen LogP contribution in [-0.2, 0) is 12.8 Å². The third kappa shape index (κ3) is 5.68. The fourth-order valence-corrected chi connectivity index (χ4v) is 3.57. The molecule has 1 aliphatic rings. The molecule has 29 heavy (non-hydrogen) atoms. The molecule has 1 amide bonds. The summed E-state index contributed by atoms with van der Waals surface area (Å²) in [6.07, 6.45) is 4.96. The van der Waals surface area contributed by atoms with Crippen LogP contribution >= 0.6 is 0 Å². The molecule has 3 rings (SSSR count). The van der Waals surface area contributed by atoms with Gasteiger partial charge in [-0.1, -0.05) is 19.3 Å². The van der Waals surface area contributed by atoms with Gasteiger partial charge in [0.2, 0.25) is 5.88 Å². The SMILES string of the molecule is CC(NC(=O)c1cnc(OCc2ccncc2)c(C(F)(F)F)c1)C1CCCCC1. The minimum absolute atomic E-state index is 0.0805. The van der Waals surface area contributed by atoms with Gasteiger partial charge in [0.15, 0.2) is 0 Å². The highest BCUT2D eigenvalue weighted by Crippen LogP contribution is 2.36. The van der Waals surface area contributed by atoms with Crippen LogP contribution in [0.1, 0.15) is 60.5 Å². The van der Waals surface area contributed by atoms with Gasteiger partial charge in [0.05, 0.1) is 5.56 Å². The van der Waals surface area contributed by atoms with E-state index in [4.69, 9.17) is 4.74 Å². The number of alkyl halides is 3. The highest BCUT2D eigenvalue weighted by atomic mass is 19.4. The number of nitrogens with zero attached hydrogens (tertiary/aromatic N) is 2. The van der Waals surface area contributed by atoms with Crippen LogP contribution in [0.4, 0.5) is 13.2 Å². The van der Waals surface area contributed by atoms with E-state index in [2.05, 4.69) is 15.3 Å². The van der Waals surface area contributed by atoms with Crippen LogP contribution in [0.2, 0.25) is 0 Å². The van der Waals surface area contributed by atoms with Crippen molar-refractivity contribution >= 4 is 5.91 Å². The molecule has 0 radical (unpaired) electrons. The zero-order valence-corrected chi connectivity index (χ0v) is 16.2. The Bertz CT molecular complexity index is 822. The molecule has 2 heterocycles. The molecule has 0 spiro atoms. The van der Waals surface area contributed by atoms with E-state index in [0.717, 1.165) is 37.9 Å². The lowest BCUT2D eigenvalue weighted by molar-refractivity contribution is -0.139. The second kappa shape index (κ2) is 9.24. The Kier molecular flexibility index (Phi) is 6.71. The van der Waals surface area contributed by atoms with Crippen molar-refractivity contribution in [2.75, 3.05) is 0 Å². The minimum Gasteiger partial charge on any atom is -0.472 e. The zero-order valence-electron chi connectivity index (χ0n) is 16.2. The van der Waals surface area contributed by atoms with Crippen LogP contribution in [0.5, 0.6) is 5.88 Å². The summed E-state index contributed by atoms with van der Waals surface area (Å²) >= 11 is 0. The van der Waals surface area contributed by atoms with Gasteiger partial charge in [-0.2, -0.15) is 13.2 Å². The normalized spacial score (nSPS) is 16.3. The molecule has 8 heteroatoms. The van der Waals surface area contributed by atoms with Gasteiger partial charge in [-0.15, -0.1) is 0 Å². The Balaban J connectivity index is 1.73. The lowest BCUT2D eigenvalue weighted by Gasteiger charge is -2.28. The van der Waals surface area contributed by atoms with Crippen LogP contribution in [0, 0.1) is 5.92 Å². The maximum Gasteiger partial charge on any atom is 0.421 e. The van der Waals surface area contributed by atoms with Crippen molar-refractivity contribution in [3.05, 3.63) is 53.5 Å². The number of nitrogens with one attached hydrogen (secondary N) is 1. The quantitative estimate of drug-likeness (QED) is 0.749. The van der Waals surface area contributed by atoms with E-state index < -0.39 is 23.5 Å². The Labute approximate surface area is 167 Å². The first-order valence-electron chi connectivity index (χ1n) is 9.74. The smallest absolute Gasteiger partial charge is 0.421 e. The van der Waals surface area contributed by atoms with Crippen LogP contribution in [-0.4, -0.2) is 21.9 Å². The fraction of sp³-hybridized carbons (Fsp3) is 0.476. The number of pyridine rings is 2. The van der Waals surface area contributed by atoms with Crippen molar-refractivity contribution in [1.82, 2.24) is 15.3 Å². The Morgan fingerprint density at radius 2 is 1.93 bits per heavy atom. The molecule has 2 aromatic heterocycles. The lowest BCUT2D eigenvalue weighted by atomic mass is 9.84. The van der Waals surface area contributed by atoms with Gasteiger partial charge >= 0.3 is 6.18 Å². The van der Waals surface area contributed by atoms with E-state index in [-0.39, 0.29) is 18.2 Å². The molecule has 0 aliphatic heterocycles. The zero-order chi connectivity index (χ0) is 20.9. The molecule has 0 saturated heterocycles. The predicted molar refractivity (Wildman–Crippen MR) is 101 cm³/mol. The maximum atomic E-state index is 13.5. The fourth-order valence-electron chi connectivity index (χ4n) is 3.57. The summed E-state index contributed by atoms with van der Waals surface area (Å²) < 4.78 is 45.8. The molecule has 1 N–H and O–H groups in total. The minimum atomic E-state index is -4.69. The average Bonchev–Trinajstić information content (AvgIpc) is 2.72. The number of aromatic nitrogens is 2. The van der Waals surface area contributed by atoms with E-state index in [1.54, 1.807) is 12.1 Å². The first-order valence-corrected chi connectivity index (χ1v) is 9.74. The molecule has 1 unspecified atom stereocenters. The van der Waals surface area contributed by atoms with Crippen LogP contribution in [0.3, 0.4) is 0 Å². The van der Waals surface area contributed by atoms with Gasteiger partial charge in [0.1, 0.15) is 12.2 Å². The molecule has 1 saturated carbocycles. The number of amides is 1. The molecule has 2 aromatic rings. The number of rotatable bonds is 6. The number of ether oxygens (including phenoxy) is 1. The monoisotopic (exact) mass is 407 g/mol. The van der Waals surface area contributed by atoms with E-state index in [1.807, 2.05) is 6.92 Å². The molecule has 1 atom stereocenters. The van der Waals surface area contributed by atoms with E-state index in [1.165, 1.54) is 18.8 Å². The Hall–Kier alpha value is -2.64. The van der Waals surface area contributed by atoms with Crippen molar-refractivity contribution < 1.29 is 22.7 Å². The van der Waals surface area contributed by atoms with E-state index in [0.29, 0.717) is 11.5 Å². The molecule has 0 aromatic carbocycles. The number of carbonyl (C=O) groups excluding carboxylic acids is 1. The largest absolute Gasteiger partial charge is 0.472 e. The van der Waals surface area contributed by atoms with Crippen molar-refractivity contribution in [2.24, 2.45) is 5.92 Å².